The van der Waals surface area contributed by atoms with Gasteiger partial charge in [0.15, 0.2) is 18.9 Å². The molecule has 3 aliphatic rings. The Hall–Kier alpha value is 0.0700. The minimum Gasteiger partial charge on any atom is -0.368 e. The summed E-state index contributed by atoms with van der Waals surface area (Å²) in [5, 5.41) is 26.1. The van der Waals surface area contributed by atoms with E-state index in [2.05, 4.69) is 0 Å². The fourth-order valence-corrected chi connectivity index (χ4v) is 2.17. The summed E-state index contributed by atoms with van der Waals surface area (Å²) in [5.41, 5.74) is 0. The van der Waals surface area contributed by atoms with Crippen molar-refractivity contribution in [1.29, 1.82) is 0 Å². The summed E-state index contributed by atoms with van der Waals surface area (Å²) < 4.78 is 14.5. The van der Waals surface area contributed by atoms with Crippen LogP contribution < -0.4 is 0 Å². The van der Waals surface area contributed by atoms with E-state index < -0.39 is 27.5 Å². The first-order valence-electron chi connectivity index (χ1n) is 8.67. The molecule has 152 valence electrons. The van der Waals surface area contributed by atoms with Crippen LogP contribution in [-0.4, -0.2) is 68.7 Å². The highest BCUT2D eigenvalue weighted by molar-refractivity contribution is 7.38. The van der Waals surface area contributed by atoms with Crippen LogP contribution in [0.1, 0.15) is 57.8 Å². The maximum Gasteiger partial charge on any atom is 0.324 e. The van der Waals surface area contributed by atoms with E-state index in [9.17, 15) is 0 Å². The van der Waals surface area contributed by atoms with Gasteiger partial charge in [-0.05, 0) is 57.8 Å². The average molecular weight is 388 g/mol. The molecule has 0 spiro atoms. The Kier molecular flexibility index (Phi) is 17.5. The van der Waals surface area contributed by atoms with E-state index in [-0.39, 0.29) is 0 Å². The largest absolute Gasteiger partial charge is 0.368 e. The minimum absolute atomic E-state index is 0.464. The molecule has 9 nitrogen and oxygen atoms in total. The Morgan fingerprint density at radius 2 is 0.760 bits per heavy atom. The van der Waals surface area contributed by atoms with Crippen LogP contribution in [0.5, 0.6) is 0 Å². The van der Waals surface area contributed by atoms with Gasteiger partial charge in [0.25, 0.3) is 0 Å². The lowest BCUT2D eigenvalue weighted by Gasteiger charge is -2.16. The van der Waals surface area contributed by atoms with Crippen LogP contribution in [0.25, 0.3) is 0 Å². The first-order chi connectivity index (χ1) is 11.9. The molecule has 0 saturated carbocycles. The minimum atomic E-state index is -2.62. The molecule has 6 N–H and O–H groups in total. The molecular weight excluding hydrogens is 355 g/mol. The van der Waals surface area contributed by atoms with E-state index in [4.69, 9.17) is 44.2 Å². The van der Waals surface area contributed by atoms with E-state index in [1.807, 2.05) is 0 Å². The molecule has 3 saturated heterocycles. The Morgan fingerprint density at radius 1 is 0.520 bits per heavy atom. The van der Waals surface area contributed by atoms with Gasteiger partial charge in [-0.15, -0.1) is 0 Å². The molecule has 3 heterocycles. The van der Waals surface area contributed by atoms with Crippen molar-refractivity contribution in [3.05, 3.63) is 0 Å². The van der Waals surface area contributed by atoms with Crippen molar-refractivity contribution in [2.75, 3.05) is 19.8 Å². The van der Waals surface area contributed by atoms with Crippen LogP contribution in [0.2, 0.25) is 0 Å². The fourth-order valence-electron chi connectivity index (χ4n) is 2.17. The van der Waals surface area contributed by atoms with Gasteiger partial charge in [0.2, 0.25) is 0 Å². The van der Waals surface area contributed by atoms with Crippen LogP contribution in [0, 0.1) is 0 Å². The number of hydrogen-bond acceptors (Lipinski definition) is 9. The van der Waals surface area contributed by atoms with Gasteiger partial charge in [-0.3, -0.25) is 0 Å². The molecular formula is C15H33O9P. The standard InChI is InChI=1S/3C5H10O2.H3O3P/c3*6-5-3-1-2-4-7-5;1-4(2)3/h3*5-6H,1-4H2;1-3H. The predicted molar refractivity (Wildman–Crippen MR) is 91.0 cm³/mol. The van der Waals surface area contributed by atoms with Gasteiger partial charge >= 0.3 is 8.60 Å². The molecule has 0 aromatic carbocycles. The summed E-state index contributed by atoms with van der Waals surface area (Å²) in [4.78, 5) is 21.7. The van der Waals surface area contributed by atoms with Gasteiger partial charge in [-0.25, -0.2) is 0 Å². The molecule has 3 atom stereocenters. The number of aliphatic hydroxyl groups excluding tert-OH is 3. The van der Waals surface area contributed by atoms with Crippen molar-refractivity contribution in [2.24, 2.45) is 0 Å². The number of hydrogen-bond donors (Lipinski definition) is 6. The first kappa shape index (κ1) is 25.1. The van der Waals surface area contributed by atoms with Crippen molar-refractivity contribution >= 4 is 8.60 Å². The van der Waals surface area contributed by atoms with Crippen LogP contribution >= 0.6 is 8.60 Å². The lowest BCUT2D eigenvalue weighted by Crippen LogP contribution is -2.17. The number of rotatable bonds is 0. The summed E-state index contributed by atoms with van der Waals surface area (Å²) in [6.45, 7) is 2.21. The maximum absolute atomic E-state index is 8.69. The second kappa shape index (κ2) is 17.5. The van der Waals surface area contributed by atoms with E-state index in [1.54, 1.807) is 0 Å². The normalized spacial score (nSPS) is 29.2. The maximum atomic E-state index is 8.69. The van der Waals surface area contributed by atoms with Crippen molar-refractivity contribution in [1.82, 2.24) is 0 Å². The highest BCUT2D eigenvalue weighted by atomic mass is 31.2. The average Bonchev–Trinajstić information content (AvgIpc) is 2.58. The highest BCUT2D eigenvalue weighted by Crippen LogP contribution is 2.12. The molecule has 0 aromatic rings. The van der Waals surface area contributed by atoms with Gasteiger partial charge < -0.3 is 44.2 Å². The van der Waals surface area contributed by atoms with Gasteiger partial charge in [0.1, 0.15) is 0 Å². The zero-order valence-electron chi connectivity index (χ0n) is 14.6. The van der Waals surface area contributed by atoms with Crippen LogP contribution in [0.3, 0.4) is 0 Å². The molecule has 10 heteroatoms. The quantitative estimate of drug-likeness (QED) is 0.330. The van der Waals surface area contributed by atoms with Crippen LogP contribution in [-0.2, 0) is 14.2 Å². The zero-order chi connectivity index (χ0) is 18.9. The summed E-state index contributed by atoms with van der Waals surface area (Å²) in [6.07, 6.45) is 7.73. The van der Waals surface area contributed by atoms with Gasteiger partial charge in [0, 0.05) is 19.8 Å². The van der Waals surface area contributed by atoms with Gasteiger partial charge in [-0.1, -0.05) is 0 Å². The highest BCUT2D eigenvalue weighted by Gasteiger charge is 2.08. The topological polar surface area (TPSA) is 149 Å². The third-order valence-electron chi connectivity index (χ3n) is 3.47. The van der Waals surface area contributed by atoms with Crippen LogP contribution in [0.4, 0.5) is 0 Å². The SMILES string of the molecule is OC1CCCCO1.OC1CCCCO1.OC1CCCCO1.OP(O)O. The second-order valence-electron chi connectivity index (χ2n) is 5.73. The van der Waals surface area contributed by atoms with E-state index in [0.717, 1.165) is 77.6 Å². The predicted octanol–water partition coefficient (Wildman–Crippen LogP) is 0.706. The van der Waals surface area contributed by atoms with E-state index in [0.29, 0.717) is 0 Å². The molecule has 3 aliphatic heterocycles. The summed E-state index contributed by atoms with van der Waals surface area (Å²) >= 11 is 0. The smallest absolute Gasteiger partial charge is 0.324 e. The molecule has 3 unspecified atom stereocenters. The monoisotopic (exact) mass is 388 g/mol. The van der Waals surface area contributed by atoms with Crippen molar-refractivity contribution in [3.63, 3.8) is 0 Å². The van der Waals surface area contributed by atoms with Gasteiger partial charge in [0.05, 0.1) is 0 Å². The fraction of sp³-hybridized carbons (Fsp3) is 1.00. The molecule has 0 amide bonds. The number of ether oxygens (including phenoxy) is 3. The Balaban J connectivity index is 0.000000314. The van der Waals surface area contributed by atoms with E-state index >= 15 is 0 Å². The molecule has 25 heavy (non-hydrogen) atoms. The zero-order valence-corrected chi connectivity index (χ0v) is 15.5. The van der Waals surface area contributed by atoms with Gasteiger partial charge in [-0.2, -0.15) is 0 Å². The molecule has 3 fully saturated rings. The summed E-state index contributed by atoms with van der Waals surface area (Å²) in [6, 6.07) is 0. The first-order valence-corrected chi connectivity index (χ1v) is 9.87. The van der Waals surface area contributed by atoms with Crippen LogP contribution in [0.15, 0.2) is 0 Å². The molecule has 0 aromatic heterocycles. The van der Waals surface area contributed by atoms with E-state index in [1.165, 1.54) is 0 Å². The Bertz CT molecular complexity index is 225. The lowest BCUT2D eigenvalue weighted by atomic mass is 10.2. The third kappa shape index (κ3) is 20.2. The summed E-state index contributed by atoms with van der Waals surface area (Å²) in [5.74, 6) is 0. The molecule has 3 rings (SSSR count). The second-order valence-corrected chi connectivity index (χ2v) is 6.27. The number of aliphatic hydroxyl groups is 3. The van der Waals surface area contributed by atoms with Crippen molar-refractivity contribution in [2.45, 2.75) is 76.7 Å². The molecule has 0 radical (unpaired) electrons. The molecule has 0 aliphatic carbocycles. The third-order valence-corrected chi connectivity index (χ3v) is 3.47. The van der Waals surface area contributed by atoms with Crippen molar-refractivity contribution in [3.8, 4) is 0 Å². The Morgan fingerprint density at radius 3 is 0.840 bits per heavy atom. The molecule has 0 bridgehead atoms. The lowest BCUT2D eigenvalue weighted by molar-refractivity contribution is -0.123. The summed E-state index contributed by atoms with van der Waals surface area (Å²) in [7, 11) is -2.62. The van der Waals surface area contributed by atoms with Crippen molar-refractivity contribution < 1.29 is 44.2 Å². The Labute approximate surface area is 150 Å².